The number of nitrogens with one attached hydrogen (secondary N) is 1. The molecule has 2 aliphatic rings. The van der Waals surface area contributed by atoms with E-state index in [0.29, 0.717) is 18.3 Å². The lowest BCUT2D eigenvalue weighted by Crippen LogP contribution is -2.39. The fraction of sp³-hybridized carbons (Fsp3) is 0.846. The summed E-state index contributed by atoms with van der Waals surface area (Å²) in [5, 5.41) is 24.7. The van der Waals surface area contributed by atoms with E-state index in [2.05, 4.69) is 63.2 Å². The Kier molecular flexibility index (Phi) is 9.60. The van der Waals surface area contributed by atoms with Crippen LogP contribution in [0.2, 0.25) is 0 Å². The molecule has 0 spiro atoms. The van der Waals surface area contributed by atoms with Gasteiger partial charge in [-0.2, -0.15) is 0 Å². The Bertz CT molecular complexity index is 576. The molecule has 1 saturated carbocycles. The van der Waals surface area contributed by atoms with Crippen molar-refractivity contribution in [3.8, 4) is 0 Å². The zero-order valence-corrected chi connectivity index (χ0v) is 20.5. The summed E-state index contributed by atoms with van der Waals surface area (Å²) in [5.74, 6) is 1.27. The van der Waals surface area contributed by atoms with Gasteiger partial charge in [-0.3, -0.25) is 0 Å². The van der Waals surface area contributed by atoms with Crippen molar-refractivity contribution in [3.63, 3.8) is 0 Å². The maximum atomic E-state index is 10.6. The summed E-state index contributed by atoms with van der Waals surface area (Å²) in [6.45, 7) is 14.0. The first-order valence-corrected chi connectivity index (χ1v) is 12.2. The minimum atomic E-state index is -0.625. The lowest BCUT2D eigenvalue weighted by molar-refractivity contribution is 0.0513. The van der Waals surface area contributed by atoms with Gasteiger partial charge in [-0.15, -0.1) is 0 Å². The van der Waals surface area contributed by atoms with Gasteiger partial charge in [-0.05, 0) is 91.8 Å². The maximum absolute atomic E-state index is 10.6. The summed E-state index contributed by atoms with van der Waals surface area (Å²) < 4.78 is 0. The molecule has 4 heteroatoms. The van der Waals surface area contributed by atoms with E-state index in [-0.39, 0.29) is 17.6 Å². The molecule has 30 heavy (non-hydrogen) atoms. The van der Waals surface area contributed by atoms with Crippen LogP contribution in [-0.4, -0.2) is 59.0 Å². The molecule has 174 valence electrons. The van der Waals surface area contributed by atoms with Gasteiger partial charge in [-0.25, -0.2) is 0 Å². The molecule has 0 bridgehead atoms. The van der Waals surface area contributed by atoms with Crippen LogP contribution in [0.4, 0.5) is 0 Å². The van der Waals surface area contributed by atoms with E-state index in [1.807, 2.05) is 6.92 Å². The molecule has 3 N–H and O–H groups in total. The third-order valence-corrected chi connectivity index (χ3v) is 7.28. The minimum absolute atomic E-state index is 0.228. The molecule has 0 radical (unpaired) electrons. The van der Waals surface area contributed by atoms with Gasteiger partial charge >= 0.3 is 0 Å². The van der Waals surface area contributed by atoms with Crippen LogP contribution in [0.25, 0.3) is 0 Å². The molecule has 5 atom stereocenters. The quantitative estimate of drug-likeness (QED) is 0.321. The SMILES string of the molecule is CCCC[C@](C)(O)CC=C[C@@H]1[C@H]2CC(CNCCCN(C)C(C)(C)C)=C[C@H]2C[C@H]1O. The van der Waals surface area contributed by atoms with Crippen molar-refractivity contribution in [1.82, 2.24) is 10.2 Å². The first-order chi connectivity index (χ1) is 14.0. The van der Waals surface area contributed by atoms with E-state index < -0.39 is 5.60 Å². The number of hydrogen-bond donors (Lipinski definition) is 3. The second-order valence-corrected chi connectivity index (χ2v) is 11.1. The number of aliphatic hydroxyl groups is 2. The van der Waals surface area contributed by atoms with Crippen molar-refractivity contribution >= 4 is 0 Å². The van der Waals surface area contributed by atoms with Crippen LogP contribution in [0.5, 0.6) is 0 Å². The van der Waals surface area contributed by atoms with Gasteiger partial charge in [0.25, 0.3) is 0 Å². The summed E-state index contributed by atoms with van der Waals surface area (Å²) >= 11 is 0. The smallest absolute Gasteiger partial charge is 0.0654 e. The summed E-state index contributed by atoms with van der Waals surface area (Å²) in [6.07, 6.45) is 13.3. The molecular weight excluding hydrogens is 372 g/mol. The molecule has 4 nitrogen and oxygen atoms in total. The van der Waals surface area contributed by atoms with Crippen LogP contribution in [0.15, 0.2) is 23.8 Å². The number of allylic oxidation sites excluding steroid dienone is 1. The lowest BCUT2D eigenvalue weighted by atomic mass is 9.88. The first-order valence-electron chi connectivity index (χ1n) is 12.2. The van der Waals surface area contributed by atoms with Crippen LogP contribution in [0.1, 0.15) is 79.6 Å². The van der Waals surface area contributed by atoms with Gasteiger partial charge in [0.15, 0.2) is 0 Å². The average Bonchev–Trinajstić information content (AvgIpc) is 3.16. The fourth-order valence-corrected chi connectivity index (χ4v) is 4.90. The fourth-order valence-electron chi connectivity index (χ4n) is 4.90. The molecule has 0 aromatic rings. The summed E-state index contributed by atoms with van der Waals surface area (Å²) in [7, 11) is 2.20. The van der Waals surface area contributed by atoms with Crippen molar-refractivity contribution in [2.75, 3.05) is 26.7 Å². The highest BCUT2D eigenvalue weighted by Crippen LogP contribution is 2.47. The topological polar surface area (TPSA) is 55.7 Å². The average molecular weight is 421 g/mol. The van der Waals surface area contributed by atoms with Gasteiger partial charge in [0.05, 0.1) is 11.7 Å². The van der Waals surface area contributed by atoms with Crippen LogP contribution in [0.3, 0.4) is 0 Å². The molecule has 0 saturated heterocycles. The monoisotopic (exact) mass is 420 g/mol. The third-order valence-electron chi connectivity index (χ3n) is 7.28. The summed E-state index contributed by atoms with van der Waals surface area (Å²) in [6, 6.07) is 0. The molecule has 0 amide bonds. The Morgan fingerprint density at radius 1 is 1.23 bits per heavy atom. The van der Waals surface area contributed by atoms with Crippen LogP contribution in [0, 0.1) is 17.8 Å². The highest BCUT2D eigenvalue weighted by molar-refractivity contribution is 5.21. The second kappa shape index (κ2) is 11.3. The van der Waals surface area contributed by atoms with Crippen LogP contribution >= 0.6 is 0 Å². The van der Waals surface area contributed by atoms with Crippen LogP contribution in [-0.2, 0) is 0 Å². The molecule has 0 aliphatic heterocycles. The van der Waals surface area contributed by atoms with E-state index in [1.165, 1.54) is 5.57 Å². The van der Waals surface area contributed by atoms with Crippen molar-refractivity contribution in [2.24, 2.45) is 17.8 Å². The Labute approximate surface area is 185 Å². The predicted molar refractivity (Wildman–Crippen MR) is 128 cm³/mol. The normalized spacial score (nSPS) is 28.9. The summed E-state index contributed by atoms with van der Waals surface area (Å²) in [4.78, 5) is 2.41. The zero-order chi connectivity index (χ0) is 22.4. The summed E-state index contributed by atoms with van der Waals surface area (Å²) in [5.41, 5.74) is 1.12. The zero-order valence-electron chi connectivity index (χ0n) is 20.5. The van der Waals surface area contributed by atoms with Crippen molar-refractivity contribution in [3.05, 3.63) is 23.8 Å². The second-order valence-electron chi connectivity index (χ2n) is 11.1. The van der Waals surface area contributed by atoms with Crippen molar-refractivity contribution < 1.29 is 10.2 Å². The number of unbranched alkanes of at least 4 members (excludes halogenated alkanes) is 1. The van der Waals surface area contributed by atoms with Gasteiger partial charge in [0.2, 0.25) is 0 Å². The highest BCUT2D eigenvalue weighted by atomic mass is 16.3. The molecule has 2 aliphatic carbocycles. The molecular formula is C26H48N2O2. The molecule has 0 aromatic carbocycles. The third kappa shape index (κ3) is 7.78. The Morgan fingerprint density at radius 2 is 1.97 bits per heavy atom. The van der Waals surface area contributed by atoms with E-state index in [4.69, 9.17) is 0 Å². The van der Waals surface area contributed by atoms with Crippen molar-refractivity contribution in [1.29, 1.82) is 0 Å². The number of rotatable bonds is 12. The number of fused-ring (bicyclic) bond motifs is 1. The highest BCUT2D eigenvalue weighted by Gasteiger charge is 2.43. The van der Waals surface area contributed by atoms with Crippen LogP contribution < -0.4 is 5.32 Å². The first kappa shape index (κ1) is 25.6. The Balaban J connectivity index is 1.73. The Morgan fingerprint density at radius 3 is 2.63 bits per heavy atom. The molecule has 0 unspecified atom stereocenters. The van der Waals surface area contributed by atoms with Gasteiger partial charge in [0.1, 0.15) is 0 Å². The number of aliphatic hydroxyl groups excluding tert-OH is 1. The molecule has 0 aromatic heterocycles. The number of nitrogens with zero attached hydrogens (tertiary/aromatic N) is 1. The van der Waals surface area contributed by atoms with E-state index in [1.54, 1.807) is 0 Å². The largest absolute Gasteiger partial charge is 0.392 e. The van der Waals surface area contributed by atoms with E-state index >= 15 is 0 Å². The predicted octanol–water partition coefficient (Wildman–Crippen LogP) is 4.53. The molecule has 0 heterocycles. The van der Waals surface area contributed by atoms with Gasteiger partial charge in [0, 0.05) is 18.0 Å². The maximum Gasteiger partial charge on any atom is 0.0654 e. The number of hydrogen-bond acceptors (Lipinski definition) is 4. The molecule has 2 rings (SSSR count). The molecule has 1 fully saturated rings. The van der Waals surface area contributed by atoms with Gasteiger partial charge in [-0.1, -0.05) is 43.6 Å². The van der Waals surface area contributed by atoms with E-state index in [0.717, 1.165) is 58.2 Å². The van der Waals surface area contributed by atoms with Crippen molar-refractivity contribution in [2.45, 2.75) is 96.8 Å². The minimum Gasteiger partial charge on any atom is -0.392 e. The standard InChI is InChI=1S/C26H48N2O2/c1-7-8-12-26(5,30)13-9-11-22-23-17-20(16-21(23)18-24(22)29)19-27-14-10-15-28(6)25(2,3)4/h9,11,16,21-24,27,29-30H,7-8,10,12-15,17-19H2,1-6H3/t21-,22+,23-,24+,26-/m0/s1. The Hall–Kier alpha value is -0.680. The van der Waals surface area contributed by atoms with Gasteiger partial charge < -0.3 is 20.4 Å². The van der Waals surface area contributed by atoms with E-state index in [9.17, 15) is 10.2 Å². The lowest BCUT2D eigenvalue weighted by Gasteiger charge is -2.31.